The molecule has 1 amide bonds. The topological polar surface area (TPSA) is 94.7 Å². The van der Waals surface area contributed by atoms with Crippen LogP contribution < -0.4 is 16.0 Å². The molecule has 196 valence electrons. The first-order chi connectivity index (χ1) is 18.4. The van der Waals surface area contributed by atoms with Crippen LogP contribution in [0.3, 0.4) is 0 Å². The number of aromatic amines is 1. The lowest BCUT2D eigenvalue weighted by atomic mass is 9.73. The van der Waals surface area contributed by atoms with E-state index in [0.29, 0.717) is 35.1 Å². The number of pyridine rings is 1. The third-order valence-electron chi connectivity index (χ3n) is 7.38. The molecule has 1 saturated carbocycles. The number of benzene rings is 2. The Hall–Kier alpha value is -3.84. The molecule has 0 spiro atoms. The maximum Gasteiger partial charge on any atom is 0.251 e. The van der Waals surface area contributed by atoms with E-state index in [-0.39, 0.29) is 11.3 Å². The summed E-state index contributed by atoms with van der Waals surface area (Å²) in [4.78, 5) is 24.8. The van der Waals surface area contributed by atoms with Gasteiger partial charge in [0.15, 0.2) is 0 Å². The number of carbonyl (C=O) groups is 1. The Morgan fingerprint density at radius 2 is 1.89 bits per heavy atom. The van der Waals surface area contributed by atoms with Crippen molar-refractivity contribution in [2.75, 3.05) is 5.32 Å². The van der Waals surface area contributed by atoms with Crippen molar-refractivity contribution in [2.24, 2.45) is 5.41 Å². The number of aromatic nitrogens is 3. The third-order valence-corrected chi connectivity index (χ3v) is 7.71. The highest BCUT2D eigenvalue weighted by molar-refractivity contribution is 6.33. The fourth-order valence-corrected chi connectivity index (χ4v) is 5.11. The first-order valence-corrected chi connectivity index (χ1v) is 13.4. The Bertz CT molecular complexity index is 1440. The number of imidazole rings is 1. The van der Waals surface area contributed by atoms with Crippen LogP contribution in [0.15, 0.2) is 73.1 Å². The fraction of sp³-hybridized carbons (Fsp3) is 0.300. The lowest BCUT2D eigenvalue weighted by Gasteiger charge is -2.36. The predicted molar refractivity (Wildman–Crippen MR) is 153 cm³/mol. The SMILES string of the molecule is C=C(NCc1ccc(Cl)c(Nc2nc3cc(C(=O)NCc4ccccn4)ccc3[nH]2)c1)C1(C)CCCCC1. The van der Waals surface area contributed by atoms with Crippen LogP contribution in [0.5, 0.6) is 0 Å². The summed E-state index contributed by atoms with van der Waals surface area (Å²) in [5, 5.41) is 10.3. The first kappa shape index (κ1) is 25.8. The van der Waals surface area contributed by atoms with Gasteiger partial charge in [0.2, 0.25) is 5.95 Å². The van der Waals surface area contributed by atoms with Crippen LogP contribution in [0.25, 0.3) is 11.0 Å². The molecule has 8 heteroatoms. The van der Waals surface area contributed by atoms with E-state index in [1.807, 2.05) is 42.5 Å². The molecule has 38 heavy (non-hydrogen) atoms. The van der Waals surface area contributed by atoms with E-state index in [1.165, 1.54) is 32.1 Å². The molecule has 5 rings (SSSR count). The molecule has 0 atom stereocenters. The molecule has 0 radical (unpaired) electrons. The van der Waals surface area contributed by atoms with Crippen LogP contribution in [0, 0.1) is 5.41 Å². The smallest absolute Gasteiger partial charge is 0.251 e. The number of hydrogen-bond donors (Lipinski definition) is 4. The fourth-order valence-electron chi connectivity index (χ4n) is 4.94. The number of hydrogen-bond acceptors (Lipinski definition) is 5. The average Bonchev–Trinajstić information content (AvgIpc) is 3.34. The molecule has 1 aliphatic carbocycles. The Morgan fingerprint density at radius 3 is 2.68 bits per heavy atom. The summed E-state index contributed by atoms with van der Waals surface area (Å²) < 4.78 is 0. The highest BCUT2D eigenvalue weighted by atomic mass is 35.5. The van der Waals surface area contributed by atoms with E-state index in [2.05, 4.69) is 44.4 Å². The normalized spacial score (nSPS) is 14.7. The summed E-state index contributed by atoms with van der Waals surface area (Å²) in [5.74, 6) is 0.374. The number of H-pyrrole nitrogens is 1. The summed E-state index contributed by atoms with van der Waals surface area (Å²) in [5.41, 5.74) is 5.96. The van der Waals surface area contributed by atoms with Crippen molar-refractivity contribution in [2.45, 2.75) is 52.1 Å². The van der Waals surface area contributed by atoms with Gasteiger partial charge in [-0.15, -0.1) is 0 Å². The van der Waals surface area contributed by atoms with Gasteiger partial charge in [-0.2, -0.15) is 0 Å². The van der Waals surface area contributed by atoms with Gasteiger partial charge < -0.3 is 20.9 Å². The van der Waals surface area contributed by atoms with Gasteiger partial charge in [0.25, 0.3) is 5.91 Å². The largest absolute Gasteiger partial charge is 0.384 e. The van der Waals surface area contributed by atoms with Gasteiger partial charge in [-0.3, -0.25) is 9.78 Å². The number of nitrogens with one attached hydrogen (secondary N) is 4. The first-order valence-electron chi connectivity index (χ1n) is 13.1. The van der Waals surface area contributed by atoms with Crippen LogP contribution in [0.4, 0.5) is 11.6 Å². The molecule has 4 N–H and O–H groups in total. The van der Waals surface area contributed by atoms with Crippen molar-refractivity contribution in [1.29, 1.82) is 0 Å². The summed E-state index contributed by atoms with van der Waals surface area (Å²) in [6.45, 7) is 7.70. The van der Waals surface area contributed by atoms with Gasteiger partial charge in [0.05, 0.1) is 34.0 Å². The Labute approximate surface area is 228 Å². The Kier molecular flexibility index (Phi) is 7.65. The number of carbonyl (C=O) groups excluding carboxylic acids is 1. The van der Waals surface area contributed by atoms with E-state index >= 15 is 0 Å². The summed E-state index contributed by atoms with van der Waals surface area (Å²) in [6, 6.07) is 16.9. The van der Waals surface area contributed by atoms with Gasteiger partial charge in [-0.25, -0.2) is 4.98 Å². The van der Waals surface area contributed by atoms with E-state index in [4.69, 9.17) is 11.6 Å². The van der Waals surface area contributed by atoms with Crippen LogP contribution >= 0.6 is 11.6 Å². The van der Waals surface area contributed by atoms with Gasteiger partial charge in [-0.05, 0) is 60.9 Å². The number of nitrogens with zero attached hydrogens (tertiary/aromatic N) is 2. The summed E-state index contributed by atoms with van der Waals surface area (Å²) in [6.07, 6.45) is 7.93. The molecule has 1 aliphatic rings. The monoisotopic (exact) mass is 528 g/mol. The number of allylic oxidation sites excluding steroid dienone is 1. The van der Waals surface area contributed by atoms with Gasteiger partial charge in [0.1, 0.15) is 0 Å². The van der Waals surface area contributed by atoms with Gasteiger partial charge >= 0.3 is 0 Å². The molecular weight excluding hydrogens is 496 g/mol. The molecule has 0 bridgehead atoms. The van der Waals surface area contributed by atoms with Crippen LogP contribution in [0.1, 0.15) is 60.6 Å². The quantitative estimate of drug-likeness (QED) is 0.190. The highest BCUT2D eigenvalue weighted by Crippen LogP contribution is 2.40. The van der Waals surface area contributed by atoms with E-state index in [0.717, 1.165) is 28.2 Å². The van der Waals surface area contributed by atoms with Crippen molar-refractivity contribution in [1.82, 2.24) is 25.6 Å². The second-order valence-electron chi connectivity index (χ2n) is 10.2. The molecule has 4 aromatic rings. The maximum absolute atomic E-state index is 12.6. The number of rotatable bonds is 9. The lowest BCUT2D eigenvalue weighted by molar-refractivity contribution is 0.0950. The minimum absolute atomic E-state index is 0.161. The predicted octanol–water partition coefficient (Wildman–Crippen LogP) is 6.86. The van der Waals surface area contributed by atoms with Gasteiger partial charge in [0, 0.05) is 29.4 Å². The molecule has 7 nitrogen and oxygen atoms in total. The molecule has 0 aliphatic heterocycles. The second-order valence-corrected chi connectivity index (χ2v) is 10.6. The number of halogens is 1. The minimum Gasteiger partial charge on any atom is -0.384 e. The molecule has 2 aromatic heterocycles. The number of amides is 1. The van der Waals surface area contributed by atoms with Crippen molar-refractivity contribution in [3.8, 4) is 0 Å². The lowest BCUT2D eigenvalue weighted by Crippen LogP contribution is -2.30. The maximum atomic E-state index is 12.6. The van der Waals surface area contributed by atoms with Crippen molar-refractivity contribution >= 4 is 40.2 Å². The van der Waals surface area contributed by atoms with E-state index in [9.17, 15) is 4.79 Å². The van der Waals surface area contributed by atoms with Crippen molar-refractivity contribution < 1.29 is 4.79 Å². The summed E-state index contributed by atoms with van der Waals surface area (Å²) >= 11 is 6.50. The molecule has 2 aromatic carbocycles. The molecule has 1 fully saturated rings. The third kappa shape index (κ3) is 6.00. The molecular formula is C30H33ClN6O. The van der Waals surface area contributed by atoms with Crippen LogP contribution in [-0.4, -0.2) is 20.9 Å². The highest BCUT2D eigenvalue weighted by Gasteiger charge is 2.29. The molecule has 0 saturated heterocycles. The van der Waals surface area contributed by atoms with Crippen LogP contribution in [-0.2, 0) is 13.1 Å². The minimum atomic E-state index is -0.179. The van der Waals surface area contributed by atoms with Crippen molar-refractivity contribution in [3.63, 3.8) is 0 Å². The molecule has 2 heterocycles. The average molecular weight is 529 g/mol. The zero-order valence-corrected chi connectivity index (χ0v) is 22.4. The van der Waals surface area contributed by atoms with Gasteiger partial charge in [-0.1, -0.05) is 56.5 Å². The zero-order chi connectivity index (χ0) is 26.5. The number of fused-ring (bicyclic) bond motifs is 1. The van der Waals surface area contributed by atoms with E-state index < -0.39 is 0 Å². The van der Waals surface area contributed by atoms with Crippen molar-refractivity contribution in [3.05, 3.63) is 94.9 Å². The Balaban J connectivity index is 1.24. The Morgan fingerprint density at radius 1 is 1.05 bits per heavy atom. The van der Waals surface area contributed by atoms with Crippen LogP contribution in [0.2, 0.25) is 5.02 Å². The summed E-state index contributed by atoms with van der Waals surface area (Å²) in [7, 11) is 0. The number of anilines is 2. The second kappa shape index (κ2) is 11.3. The molecule has 0 unspecified atom stereocenters. The standard InChI is InChI=1S/C30H33ClN6O/c1-20(30(2)13-5-3-6-14-30)33-18-21-9-11-24(31)26(16-21)36-29-35-25-12-10-22(17-27(25)37-29)28(38)34-19-23-8-4-7-15-32-23/h4,7-12,15-17,33H,1,3,5-6,13-14,18-19H2,2H3,(H,34,38)(H2,35,36,37). The zero-order valence-electron chi connectivity index (χ0n) is 21.6. The van der Waals surface area contributed by atoms with E-state index in [1.54, 1.807) is 18.3 Å².